The predicted molar refractivity (Wildman–Crippen MR) is 141 cm³/mol. The molecule has 2 aromatic carbocycles. The lowest BCUT2D eigenvalue weighted by Crippen LogP contribution is -2.49. The van der Waals surface area contributed by atoms with Crippen molar-refractivity contribution in [2.24, 2.45) is 0 Å². The zero-order valence-electron chi connectivity index (χ0n) is 20.2. The van der Waals surface area contributed by atoms with Crippen molar-refractivity contribution >= 4 is 38.3 Å². The van der Waals surface area contributed by atoms with Gasteiger partial charge in [0.2, 0.25) is 11.8 Å². The molecule has 3 aromatic heterocycles. The first-order valence-electron chi connectivity index (χ1n) is 12.1. The van der Waals surface area contributed by atoms with Crippen LogP contribution in [0.3, 0.4) is 0 Å². The molecule has 0 amide bonds. The number of fused-ring (bicyclic) bond motifs is 2. The normalized spacial score (nSPS) is 15.6. The molecule has 0 radical (unpaired) electrons. The van der Waals surface area contributed by atoms with Crippen molar-refractivity contribution in [3.63, 3.8) is 0 Å². The van der Waals surface area contributed by atoms with Gasteiger partial charge in [-0.25, -0.2) is 9.55 Å². The maximum Gasteiger partial charge on any atom is 0.312 e. The fourth-order valence-electron chi connectivity index (χ4n) is 4.68. The van der Waals surface area contributed by atoms with Gasteiger partial charge in [0.25, 0.3) is 0 Å². The number of aliphatic hydroxyl groups excluding tert-OH is 1. The Morgan fingerprint density at radius 1 is 1.03 bits per heavy atom. The summed E-state index contributed by atoms with van der Waals surface area (Å²) >= 11 is 1.64. The zero-order chi connectivity index (χ0) is 25.5. The van der Waals surface area contributed by atoms with Crippen molar-refractivity contribution in [2.75, 3.05) is 44.2 Å². The van der Waals surface area contributed by atoms with Crippen LogP contribution < -0.4 is 9.64 Å². The molecule has 0 spiro atoms. The third kappa shape index (κ3) is 4.68. The second kappa shape index (κ2) is 9.58. The van der Waals surface area contributed by atoms with Crippen LogP contribution in [-0.2, 0) is 0 Å². The van der Waals surface area contributed by atoms with Crippen LogP contribution in [-0.4, -0.2) is 80.2 Å². The van der Waals surface area contributed by atoms with E-state index in [1.165, 1.54) is 10.6 Å². The predicted octanol–water partition coefficient (Wildman–Crippen LogP) is 3.51. The SMILES string of the molecule is Cc1nc2cc(OCC(O)CN3CCN(c4cc(O)n(-c5nc6ccccc6o5)c4O)CC3)ccc2s1. The number of oxazole rings is 1. The lowest BCUT2D eigenvalue weighted by Gasteiger charge is -2.36. The van der Waals surface area contributed by atoms with Gasteiger partial charge < -0.3 is 29.4 Å². The summed E-state index contributed by atoms with van der Waals surface area (Å²) in [6, 6.07) is 14.7. The Bertz CT molecular complexity index is 1520. The number of piperazine rings is 1. The van der Waals surface area contributed by atoms with E-state index in [1.807, 2.05) is 42.2 Å². The van der Waals surface area contributed by atoms with Crippen molar-refractivity contribution in [3.8, 4) is 23.5 Å². The highest BCUT2D eigenvalue weighted by Crippen LogP contribution is 2.38. The number of hydrogen-bond donors (Lipinski definition) is 3. The van der Waals surface area contributed by atoms with E-state index in [1.54, 1.807) is 23.5 Å². The van der Waals surface area contributed by atoms with Crippen LogP contribution in [0.4, 0.5) is 5.69 Å². The summed E-state index contributed by atoms with van der Waals surface area (Å²) in [5, 5.41) is 33.0. The molecule has 0 bridgehead atoms. The smallest absolute Gasteiger partial charge is 0.312 e. The average molecular weight is 522 g/mol. The van der Waals surface area contributed by atoms with E-state index in [-0.39, 0.29) is 24.4 Å². The molecule has 1 unspecified atom stereocenters. The topological polar surface area (TPSA) is 120 Å². The van der Waals surface area contributed by atoms with E-state index < -0.39 is 6.10 Å². The van der Waals surface area contributed by atoms with Crippen LogP contribution in [0.5, 0.6) is 17.5 Å². The van der Waals surface area contributed by atoms with Gasteiger partial charge in [0.05, 0.1) is 15.2 Å². The third-order valence-electron chi connectivity index (χ3n) is 6.50. The molecule has 0 saturated carbocycles. The summed E-state index contributed by atoms with van der Waals surface area (Å²) < 4.78 is 13.8. The van der Waals surface area contributed by atoms with E-state index in [0.717, 1.165) is 15.2 Å². The van der Waals surface area contributed by atoms with Crippen molar-refractivity contribution in [2.45, 2.75) is 13.0 Å². The Balaban J connectivity index is 1.05. The Labute approximate surface area is 216 Å². The molecule has 192 valence electrons. The third-order valence-corrected chi connectivity index (χ3v) is 7.45. The number of anilines is 1. The number of benzene rings is 2. The number of aliphatic hydroxyl groups is 1. The Morgan fingerprint density at radius 3 is 2.65 bits per heavy atom. The number of rotatable bonds is 7. The number of aromatic hydroxyl groups is 2. The maximum atomic E-state index is 10.9. The molecule has 4 heterocycles. The lowest BCUT2D eigenvalue weighted by atomic mass is 10.2. The fourth-order valence-corrected chi connectivity index (χ4v) is 5.49. The highest BCUT2D eigenvalue weighted by Gasteiger charge is 2.26. The monoisotopic (exact) mass is 521 g/mol. The molecular formula is C26H27N5O5S. The summed E-state index contributed by atoms with van der Waals surface area (Å²) in [6.07, 6.45) is -0.642. The number of ether oxygens (including phenoxy) is 1. The minimum atomic E-state index is -0.642. The number of thiazole rings is 1. The number of aryl methyl sites for hydroxylation is 1. The van der Waals surface area contributed by atoms with Crippen molar-refractivity contribution in [3.05, 3.63) is 53.5 Å². The Kier molecular flexibility index (Phi) is 6.11. The Hall–Kier alpha value is -3.80. The molecule has 1 atom stereocenters. The summed E-state index contributed by atoms with van der Waals surface area (Å²) in [6.45, 7) is 5.27. The second-order valence-corrected chi connectivity index (χ2v) is 10.4. The van der Waals surface area contributed by atoms with E-state index in [9.17, 15) is 15.3 Å². The molecule has 5 aromatic rings. The lowest BCUT2D eigenvalue weighted by molar-refractivity contribution is 0.0663. The number of para-hydroxylation sites is 2. The van der Waals surface area contributed by atoms with Crippen LogP contribution in [0.15, 0.2) is 52.9 Å². The van der Waals surface area contributed by atoms with Gasteiger partial charge in [0.15, 0.2) is 5.58 Å². The molecule has 6 rings (SSSR count). The van der Waals surface area contributed by atoms with E-state index >= 15 is 0 Å². The standard InChI is InChI=1S/C26H27N5O5S/c1-16-27-20-12-18(6-7-23(20)37-16)35-15-17(32)14-29-8-10-30(11-9-29)21-13-24(33)31(25(21)34)26-28-19-4-2-3-5-22(19)36-26/h2-7,12-13,17,32-34H,8-11,14-15H2,1H3. The van der Waals surface area contributed by atoms with Gasteiger partial charge >= 0.3 is 6.01 Å². The van der Waals surface area contributed by atoms with Crippen LogP contribution in [0.2, 0.25) is 0 Å². The van der Waals surface area contributed by atoms with Gasteiger partial charge in [-0.15, -0.1) is 11.3 Å². The molecular weight excluding hydrogens is 494 g/mol. The highest BCUT2D eigenvalue weighted by atomic mass is 32.1. The highest BCUT2D eigenvalue weighted by molar-refractivity contribution is 7.18. The van der Waals surface area contributed by atoms with E-state index in [4.69, 9.17) is 9.15 Å². The Morgan fingerprint density at radius 2 is 1.84 bits per heavy atom. The van der Waals surface area contributed by atoms with Crippen molar-refractivity contribution in [1.82, 2.24) is 19.4 Å². The quantitative estimate of drug-likeness (QED) is 0.295. The minimum Gasteiger partial charge on any atom is -0.494 e. The minimum absolute atomic E-state index is 0.105. The van der Waals surface area contributed by atoms with Crippen LogP contribution in [0, 0.1) is 6.92 Å². The molecule has 1 fully saturated rings. The van der Waals surface area contributed by atoms with Crippen molar-refractivity contribution < 1.29 is 24.5 Å². The summed E-state index contributed by atoms with van der Waals surface area (Å²) in [7, 11) is 0. The number of nitrogens with zero attached hydrogens (tertiary/aromatic N) is 5. The number of hydrogen-bond acceptors (Lipinski definition) is 10. The summed E-state index contributed by atoms with van der Waals surface area (Å²) in [4.78, 5) is 13.0. The van der Waals surface area contributed by atoms with Crippen LogP contribution >= 0.6 is 11.3 Å². The molecule has 10 nitrogen and oxygen atoms in total. The molecule has 0 aliphatic carbocycles. The molecule has 1 aliphatic rings. The first kappa shape index (κ1) is 23.6. The summed E-state index contributed by atoms with van der Waals surface area (Å²) in [5.74, 6) is 0.415. The average Bonchev–Trinajstić information content (AvgIpc) is 3.56. The first-order chi connectivity index (χ1) is 17.9. The first-order valence-corrected chi connectivity index (χ1v) is 12.9. The van der Waals surface area contributed by atoms with Gasteiger partial charge in [-0.2, -0.15) is 4.98 Å². The van der Waals surface area contributed by atoms with Crippen LogP contribution in [0.1, 0.15) is 5.01 Å². The van der Waals surface area contributed by atoms with Gasteiger partial charge in [0.1, 0.15) is 29.7 Å². The maximum absolute atomic E-state index is 10.9. The van der Waals surface area contributed by atoms with Crippen LogP contribution in [0.25, 0.3) is 27.3 Å². The largest absolute Gasteiger partial charge is 0.494 e. The van der Waals surface area contributed by atoms with Gasteiger partial charge in [0, 0.05) is 44.9 Å². The number of β-amino-alcohol motifs (C(OH)–C–C–N with tert-alkyl or cyclic N) is 1. The molecule has 1 aliphatic heterocycles. The van der Waals surface area contributed by atoms with Crippen molar-refractivity contribution in [1.29, 1.82) is 0 Å². The summed E-state index contributed by atoms with van der Waals surface area (Å²) in [5.41, 5.74) is 2.63. The van der Waals surface area contributed by atoms with E-state index in [0.29, 0.717) is 55.3 Å². The second-order valence-electron chi connectivity index (χ2n) is 9.13. The van der Waals surface area contributed by atoms with E-state index in [2.05, 4.69) is 14.9 Å². The number of aromatic nitrogens is 3. The fraction of sp³-hybridized carbons (Fsp3) is 0.308. The van der Waals surface area contributed by atoms with Gasteiger partial charge in [-0.1, -0.05) is 12.1 Å². The zero-order valence-corrected chi connectivity index (χ0v) is 21.1. The van der Waals surface area contributed by atoms with Gasteiger partial charge in [-0.3, -0.25) is 4.90 Å². The molecule has 37 heavy (non-hydrogen) atoms. The molecule has 1 saturated heterocycles. The molecule has 11 heteroatoms. The molecule has 3 N–H and O–H groups in total. The van der Waals surface area contributed by atoms with Gasteiger partial charge in [-0.05, 0) is 31.2 Å².